The first-order valence-corrected chi connectivity index (χ1v) is 5.50. The second-order valence-corrected chi connectivity index (χ2v) is 3.68. The fourth-order valence-electron chi connectivity index (χ4n) is 1.58. The van der Waals surface area contributed by atoms with E-state index in [4.69, 9.17) is 9.47 Å². The first kappa shape index (κ1) is 11.0. The van der Waals surface area contributed by atoms with Gasteiger partial charge in [0.25, 0.3) is 0 Å². The Morgan fingerprint density at radius 1 is 1.44 bits per heavy atom. The third-order valence-electron chi connectivity index (χ3n) is 2.44. The highest BCUT2D eigenvalue weighted by Gasteiger charge is 2.25. The van der Waals surface area contributed by atoms with E-state index in [1.165, 1.54) is 0 Å². The van der Waals surface area contributed by atoms with Gasteiger partial charge in [0.05, 0.1) is 0 Å². The van der Waals surface area contributed by atoms with Crippen LogP contribution >= 0.6 is 0 Å². The van der Waals surface area contributed by atoms with Crippen LogP contribution in [0.25, 0.3) is 0 Å². The van der Waals surface area contributed by atoms with Gasteiger partial charge in [-0.1, -0.05) is 31.5 Å². The van der Waals surface area contributed by atoms with Crippen LogP contribution in [-0.2, 0) is 4.74 Å². The predicted octanol–water partition coefficient (Wildman–Crippen LogP) is 2.60. The smallest absolute Gasteiger partial charge is 0.410 e. The van der Waals surface area contributed by atoms with Gasteiger partial charge in [0, 0.05) is 12.2 Å². The summed E-state index contributed by atoms with van der Waals surface area (Å²) >= 11 is 0. The number of amides is 1. The van der Waals surface area contributed by atoms with Gasteiger partial charge in [0.1, 0.15) is 5.75 Å². The maximum absolute atomic E-state index is 11.3. The van der Waals surface area contributed by atoms with Crippen LogP contribution in [0.15, 0.2) is 24.3 Å². The van der Waals surface area contributed by atoms with Gasteiger partial charge in [0.2, 0.25) is 0 Å². The highest BCUT2D eigenvalue weighted by atomic mass is 16.6. The lowest BCUT2D eigenvalue weighted by molar-refractivity contribution is 0.0209. The molecule has 0 aliphatic carbocycles. The van der Waals surface area contributed by atoms with Gasteiger partial charge in [0.15, 0.2) is 6.23 Å². The van der Waals surface area contributed by atoms with Crippen molar-refractivity contribution in [3.8, 4) is 5.75 Å². The molecule has 1 aromatic carbocycles. The molecule has 0 spiro atoms. The Kier molecular flexibility index (Phi) is 3.41. The predicted molar refractivity (Wildman–Crippen MR) is 59.2 cm³/mol. The molecule has 1 aliphatic heterocycles. The average molecular weight is 221 g/mol. The summed E-state index contributed by atoms with van der Waals surface area (Å²) in [5, 5.41) is 2.65. The Hall–Kier alpha value is -1.55. The van der Waals surface area contributed by atoms with E-state index in [-0.39, 0.29) is 6.23 Å². The zero-order chi connectivity index (χ0) is 11.4. The molecule has 1 unspecified atom stereocenters. The molecule has 1 aliphatic rings. The van der Waals surface area contributed by atoms with E-state index in [1.807, 2.05) is 18.2 Å². The van der Waals surface area contributed by atoms with Gasteiger partial charge in [-0.05, 0) is 12.5 Å². The van der Waals surface area contributed by atoms with Crippen LogP contribution in [0.2, 0.25) is 0 Å². The molecule has 0 aromatic heterocycles. The molecular weight excluding hydrogens is 206 g/mol. The van der Waals surface area contributed by atoms with Crippen molar-refractivity contribution in [3.05, 3.63) is 29.8 Å². The SMILES string of the molecule is CCCCOC1NC(=O)Oc2ccccc21. The van der Waals surface area contributed by atoms with E-state index >= 15 is 0 Å². The Labute approximate surface area is 94.6 Å². The van der Waals surface area contributed by atoms with Gasteiger partial charge >= 0.3 is 6.09 Å². The van der Waals surface area contributed by atoms with Gasteiger partial charge < -0.3 is 9.47 Å². The molecule has 1 aromatic rings. The zero-order valence-corrected chi connectivity index (χ0v) is 9.23. The summed E-state index contributed by atoms with van der Waals surface area (Å²) < 4.78 is 10.6. The Morgan fingerprint density at radius 3 is 3.06 bits per heavy atom. The topological polar surface area (TPSA) is 47.6 Å². The number of para-hydroxylation sites is 1. The van der Waals surface area contributed by atoms with Gasteiger partial charge in [-0.25, -0.2) is 4.79 Å². The molecule has 0 saturated heterocycles. The number of fused-ring (bicyclic) bond motifs is 1. The number of nitrogens with one attached hydrogen (secondary N) is 1. The Morgan fingerprint density at radius 2 is 2.25 bits per heavy atom. The van der Waals surface area contributed by atoms with Crippen LogP contribution in [0.1, 0.15) is 31.6 Å². The molecular formula is C12H15NO3. The van der Waals surface area contributed by atoms with Crippen molar-refractivity contribution in [1.82, 2.24) is 5.32 Å². The minimum atomic E-state index is -0.458. The largest absolute Gasteiger partial charge is 0.414 e. The molecule has 1 amide bonds. The zero-order valence-electron chi connectivity index (χ0n) is 9.23. The number of hydrogen-bond acceptors (Lipinski definition) is 3. The summed E-state index contributed by atoms with van der Waals surface area (Å²) in [6.45, 7) is 2.73. The fourth-order valence-corrected chi connectivity index (χ4v) is 1.58. The van der Waals surface area contributed by atoms with Crippen LogP contribution in [0.4, 0.5) is 4.79 Å². The monoisotopic (exact) mass is 221 g/mol. The first-order valence-electron chi connectivity index (χ1n) is 5.50. The number of unbranched alkanes of at least 4 members (excludes halogenated alkanes) is 1. The molecule has 2 rings (SSSR count). The molecule has 0 fully saturated rings. The molecule has 16 heavy (non-hydrogen) atoms. The van der Waals surface area contributed by atoms with Crippen LogP contribution in [0.5, 0.6) is 5.75 Å². The van der Waals surface area contributed by atoms with Gasteiger partial charge in [-0.15, -0.1) is 0 Å². The summed E-state index contributed by atoms with van der Waals surface area (Å²) in [6, 6.07) is 7.39. The number of carbonyl (C=O) groups is 1. The van der Waals surface area contributed by atoms with E-state index in [2.05, 4.69) is 12.2 Å². The third kappa shape index (κ3) is 2.33. The van der Waals surface area contributed by atoms with E-state index in [1.54, 1.807) is 6.07 Å². The lowest BCUT2D eigenvalue weighted by Crippen LogP contribution is -2.37. The molecule has 4 heteroatoms. The molecule has 0 bridgehead atoms. The molecule has 0 radical (unpaired) electrons. The molecule has 1 atom stereocenters. The molecule has 0 saturated carbocycles. The lowest BCUT2D eigenvalue weighted by atomic mass is 10.1. The van der Waals surface area contributed by atoms with Crippen LogP contribution in [0, 0.1) is 0 Å². The van der Waals surface area contributed by atoms with Crippen molar-refractivity contribution < 1.29 is 14.3 Å². The average Bonchev–Trinajstić information content (AvgIpc) is 2.29. The summed E-state index contributed by atoms with van der Waals surface area (Å²) in [5.74, 6) is 0.577. The maximum atomic E-state index is 11.3. The van der Waals surface area contributed by atoms with Crippen LogP contribution < -0.4 is 10.1 Å². The van der Waals surface area contributed by atoms with E-state index in [0.717, 1.165) is 18.4 Å². The van der Waals surface area contributed by atoms with Crippen molar-refractivity contribution >= 4 is 6.09 Å². The number of hydrogen-bond donors (Lipinski definition) is 1. The number of rotatable bonds is 4. The highest BCUT2D eigenvalue weighted by Crippen LogP contribution is 2.29. The van der Waals surface area contributed by atoms with Crippen molar-refractivity contribution in [2.24, 2.45) is 0 Å². The summed E-state index contributed by atoms with van der Waals surface area (Å²) in [6.07, 6.45) is 1.21. The Balaban J connectivity index is 2.10. The molecule has 4 nitrogen and oxygen atoms in total. The van der Waals surface area contributed by atoms with Crippen LogP contribution in [0.3, 0.4) is 0 Å². The van der Waals surface area contributed by atoms with Crippen molar-refractivity contribution in [3.63, 3.8) is 0 Å². The van der Waals surface area contributed by atoms with Gasteiger partial charge in [-0.2, -0.15) is 0 Å². The van der Waals surface area contributed by atoms with Crippen molar-refractivity contribution in [2.45, 2.75) is 26.0 Å². The van der Waals surface area contributed by atoms with E-state index in [0.29, 0.717) is 12.4 Å². The summed E-state index contributed by atoms with van der Waals surface area (Å²) in [4.78, 5) is 11.3. The number of ether oxygens (including phenoxy) is 2. The van der Waals surface area contributed by atoms with E-state index in [9.17, 15) is 4.79 Å². The minimum Gasteiger partial charge on any atom is -0.410 e. The van der Waals surface area contributed by atoms with Gasteiger partial charge in [-0.3, -0.25) is 5.32 Å². The standard InChI is InChI=1S/C12H15NO3/c1-2-3-8-15-11-9-6-4-5-7-10(9)16-12(14)13-11/h4-7,11H,2-3,8H2,1H3,(H,13,14). The van der Waals surface area contributed by atoms with Crippen molar-refractivity contribution in [2.75, 3.05) is 6.61 Å². The minimum absolute atomic E-state index is 0.385. The fraction of sp³-hybridized carbons (Fsp3) is 0.417. The second-order valence-electron chi connectivity index (χ2n) is 3.68. The third-order valence-corrected chi connectivity index (χ3v) is 2.44. The van der Waals surface area contributed by atoms with E-state index < -0.39 is 6.09 Å². The van der Waals surface area contributed by atoms with Crippen LogP contribution in [-0.4, -0.2) is 12.7 Å². The number of carbonyl (C=O) groups excluding carboxylic acids is 1. The maximum Gasteiger partial charge on any atom is 0.414 e. The highest BCUT2D eigenvalue weighted by molar-refractivity contribution is 5.73. The normalized spacial score (nSPS) is 18.6. The quantitative estimate of drug-likeness (QED) is 0.795. The first-order chi connectivity index (χ1) is 7.81. The lowest BCUT2D eigenvalue weighted by Gasteiger charge is -2.25. The molecule has 86 valence electrons. The summed E-state index contributed by atoms with van der Waals surface area (Å²) in [7, 11) is 0. The second kappa shape index (κ2) is 4.99. The number of benzene rings is 1. The molecule has 1 N–H and O–H groups in total. The van der Waals surface area contributed by atoms with Crippen molar-refractivity contribution in [1.29, 1.82) is 0 Å². The Bertz CT molecular complexity index is 378. The molecule has 1 heterocycles. The summed E-state index contributed by atoms with van der Waals surface area (Å²) in [5.41, 5.74) is 0.873.